The zero-order valence-electron chi connectivity index (χ0n) is 15.9. The van der Waals surface area contributed by atoms with Crippen LogP contribution in [0.5, 0.6) is 0 Å². The lowest BCUT2D eigenvalue weighted by Crippen LogP contribution is -2.17. The second kappa shape index (κ2) is 7.82. The van der Waals surface area contributed by atoms with E-state index < -0.39 is 15.9 Å². The number of anilines is 2. The molecule has 6 nitrogen and oxygen atoms in total. The van der Waals surface area contributed by atoms with Crippen molar-refractivity contribution in [1.82, 2.24) is 4.98 Å². The minimum Gasteiger partial charge on any atom is -0.321 e. The van der Waals surface area contributed by atoms with E-state index in [1.54, 1.807) is 43.5 Å². The first kappa shape index (κ1) is 19.6. The van der Waals surface area contributed by atoms with Crippen LogP contribution in [0.4, 0.5) is 11.4 Å². The van der Waals surface area contributed by atoms with Gasteiger partial charge in [0.25, 0.3) is 15.9 Å². The van der Waals surface area contributed by atoms with Crippen LogP contribution in [0.3, 0.4) is 0 Å². The standard InChI is InChI=1S/C21H21N3O3S/c1-14-6-9-19(16(3)11-14)24-28(26,27)20-12-17(8-7-15(20)2)21(25)23-18-5-4-10-22-13-18/h4-13,24H,1-3H3,(H,23,25). The Morgan fingerprint density at radius 3 is 2.43 bits per heavy atom. The number of aromatic nitrogens is 1. The molecule has 7 heteroatoms. The fourth-order valence-corrected chi connectivity index (χ4v) is 4.20. The smallest absolute Gasteiger partial charge is 0.262 e. The minimum absolute atomic E-state index is 0.0614. The number of nitrogens with one attached hydrogen (secondary N) is 2. The minimum atomic E-state index is -3.85. The van der Waals surface area contributed by atoms with Gasteiger partial charge in [0.1, 0.15) is 0 Å². The van der Waals surface area contributed by atoms with E-state index in [0.717, 1.165) is 11.1 Å². The van der Waals surface area contributed by atoms with Gasteiger partial charge in [0, 0.05) is 11.8 Å². The maximum atomic E-state index is 12.9. The molecule has 1 aromatic heterocycles. The molecule has 28 heavy (non-hydrogen) atoms. The highest BCUT2D eigenvalue weighted by Gasteiger charge is 2.20. The van der Waals surface area contributed by atoms with Crippen molar-refractivity contribution >= 4 is 27.3 Å². The highest BCUT2D eigenvalue weighted by molar-refractivity contribution is 7.92. The molecule has 0 aliphatic carbocycles. The second-order valence-electron chi connectivity index (χ2n) is 6.60. The van der Waals surface area contributed by atoms with Crippen molar-refractivity contribution in [2.75, 3.05) is 10.0 Å². The average Bonchev–Trinajstić information content (AvgIpc) is 2.65. The van der Waals surface area contributed by atoms with Crippen LogP contribution < -0.4 is 10.0 Å². The number of aryl methyl sites for hydroxylation is 3. The first-order valence-electron chi connectivity index (χ1n) is 8.68. The third kappa shape index (κ3) is 4.37. The zero-order chi connectivity index (χ0) is 20.3. The molecule has 0 saturated heterocycles. The lowest BCUT2D eigenvalue weighted by atomic mass is 10.1. The summed E-state index contributed by atoms with van der Waals surface area (Å²) < 4.78 is 28.5. The molecule has 144 valence electrons. The Balaban J connectivity index is 1.90. The summed E-state index contributed by atoms with van der Waals surface area (Å²) in [7, 11) is -3.85. The summed E-state index contributed by atoms with van der Waals surface area (Å²) in [6, 6.07) is 13.5. The Labute approximate surface area is 164 Å². The van der Waals surface area contributed by atoms with Crippen LogP contribution in [0.25, 0.3) is 0 Å². The summed E-state index contributed by atoms with van der Waals surface area (Å²) in [6.45, 7) is 5.48. The van der Waals surface area contributed by atoms with Crippen molar-refractivity contribution in [3.63, 3.8) is 0 Å². The number of benzene rings is 2. The maximum Gasteiger partial charge on any atom is 0.262 e. The van der Waals surface area contributed by atoms with Gasteiger partial charge in [-0.05, 0) is 62.2 Å². The van der Waals surface area contributed by atoms with Crippen molar-refractivity contribution < 1.29 is 13.2 Å². The molecule has 3 rings (SSSR count). The van der Waals surface area contributed by atoms with E-state index in [2.05, 4.69) is 15.0 Å². The number of carbonyl (C=O) groups excluding carboxylic acids is 1. The number of hydrogen-bond acceptors (Lipinski definition) is 4. The van der Waals surface area contributed by atoms with Gasteiger partial charge in [0.05, 0.1) is 22.5 Å². The highest BCUT2D eigenvalue weighted by atomic mass is 32.2. The molecule has 0 aliphatic heterocycles. The van der Waals surface area contributed by atoms with Gasteiger partial charge in [-0.15, -0.1) is 0 Å². The summed E-state index contributed by atoms with van der Waals surface area (Å²) in [5, 5.41) is 2.70. The van der Waals surface area contributed by atoms with E-state index in [0.29, 0.717) is 16.9 Å². The van der Waals surface area contributed by atoms with Gasteiger partial charge in [-0.1, -0.05) is 23.8 Å². The van der Waals surface area contributed by atoms with Crippen molar-refractivity contribution in [1.29, 1.82) is 0 Å². The lowest BCUT2D eigenvalue weighted by molar-refractivity contribution is 0.102. The molecule has 2 N–H and O–H groups in total. The molecular weight excluding hydrogens is 374 g/mol. The molecule has 0 spiro atoms. The Kier molecular flexibility index (Phi) is 5.46. The summed E-state index contributed by atoms with van der Waals surface area (Å²) in [5.74, 6) is -0.407. The third-order valence-electron chi connectivity index (χ3n) is 4.29. The molecule has 0 saturated carbocycles. The van der Waals surface area contributed by atoms with Crippen LogP contribution in [-0.4, -0.2) is 19.3 Å². The van der Waals surface area contributed by atoms with Crippen LogP contribution in [0.2, 0.25) is 0 Å². The lowest BCUT2D eigenvalue weighted by Gasteiger charge is -2.14. The fraction of sp³-hybridized carbons (Fsp3) is 0.143. The number of amides is 1. The predicted octanol–water partition coefficient (Wildman–Crippen LogP) is 4.06. The molecular formula is C21H21N3O3S. The number of carbonyl (C=O) groups is 1. The Bertz CT molecular complexity index is 1130. The van der Waals surface area contributed by atoms with Crippen molar-refractivity contribution in [3.8, 4) is 0 Å². The van der Waals surface area contributed by atoms with Crippen LogP contribution in [0.1, 0.15) is 27.0 Å². The molecule has 0 bridgehead atoms. The van der Waals surface area contributed by atoms with Gasteiger partial charge in [-0.2, -0.15) is 0 Å². The molecule has 3 aromatic rings. The summed E-state index contributed by atoms with van der Waals surface area (Å²) in [6.07, 6.45) is 3.12. The van der Waals surface area contributed by atoms with Gasteiger partial charge >= 0.3 is 0 Å². The van der Waals surface area contributed by atoms with E-state index in [4.69, 9.17) is 0 Å². The van der Waals surface area contributed by atoms with E-state index in [9.17, 15) is 13.2 Å². The van der Waals surface area contributed by atoms with Crippen molar-refractivity contribution in [2.45, 2.75) is 25.7 Å². The largest absolute Gasteiger partial charge is 0.321 e. The van der Waals surface area contributed by atoms with Gasteiger partial charge in [-0.3, -0.25) is 14.5 Å². The number of rotatable bonds is 5. The Morgan fingerprint density at radius 2 is 1.75 bits per heavy atom. The Hall–Kier alpha value is -3.19. The van der Waals surface area contributed by atoms with Crippen LogP contribution >= 0.6 is 0 Å². The van der Waals surface area contributed by atoms with E-state index in [1.165, 1.54) is 12.3 Å². The number of nitrogens with zero attached hydrogens (tertiary/aromatic N) is 1. The number of sulfonamides is 1. The average molecular weight is 395 g/mol. The monoisotopic (exact) mass is 395 g/mol. The molecule has 2 aromatic carbocycles. The summed E-state index contributed by atoms with van der Waals surface area (Å²) in [4.78, 5) is 16.5. The van der Waals surface area contributed by atoms with Crippen LogP contribution in [0.15, 0.2) is 65.8 Å². The molecule has 0 unspecified atom stereocenters. The molecule has 0 radical (unpaired) electrons. The highest BCUT2D eigenvalue weighted by Crippen LogP contribution is 2.24. The molecule has 1 amide bonds. The van der Waals surface area contributed by atoms with Gasteiger partial charge in [0.15, 0.2) is 0 Å². The van der Waals surface area contributed by atoms with E-state index in [1.807, 2.05) is 26.0 Å². The molecule has 0 fully saturated rings. The van der Waals surface area contributed by atoms with Crippen molar-refractivity contribution in [2.24, 2.45) is 0 Å². The topological polar surface area (TPSA) is 88.2 Å². The molecule has 0 atom stereocenters. The quantitative estimate of drug-likeness (QED) is 0.682. The second-order valence-corrected chi connectivity index (χ2v) is 8.25. The normalized spacial score (nSPS) is 11.1. The molecule has 0 aliphatic rings. The van der Waals surface area contributed by atoms with Crippen LogP contribution in [0, 0.1) is 20.8 Å². The summed E-state index contributed by atoms with van der Waals surface area (Å²) >= 11 is 0. The SMILES string of the molecule is Cc1ccc(NS(=O)(=O)c2cc(C(=O)Nc3cccnc3)ccc2C)c(C)c1. The maximum absolute atomic E-state index is 12.9. The zero-order valence-corrected chi connectivity index (χ0v) is 16.7. The van der Waals surface area contributed by atoms with Gasteiger partial charge < -0.3 is 5.32 Å². The van der Waals surface area contributed by atoms with Gasteiger partial charge in [-0.25, -0.2) is 8.42 Å². The Morgan fingerprint density at radius 1 is 0.964 bits per heavy atom. The first-order chi connectivity index (χ1) is 13.3. The van der Waals surface area contributed by atoms with E-state index >= 15 is 0 Å². The number of pyridine rings is 1. The van der Waals surface area contributed by atoms with E-state index in [-0.39, 0.29) is 10.5 Å². The van der Waals surface area contributed by atoms with Crippen LogP contribution in [-0.2, 0) is 10.0 Å². The fourth-order valence-electron chi connectivity index (χ4n) is 2.80. The van der Waals surface area contributed by atoms with Gasteiger partial charge in [0.2, 0.25) is 0 Å². The molecule has 1 heterocycles. The first-order valence-corrected chi connectivity index (χ1v) is 10.2. The number of hydrogen-bond donors (Lipinski definition) is 2. The summed E-state index contributed by atoms with van der Waals surface area (Å²) in [5.41, 5.74) is 3.71. The predicted molar refractivity (Wildman–Crippen MR) is 110 cm³/mol. The van der Waals surface area contributed by atoms with Crippen molar-refractivity contribution in [3.05, 3.63) is 83.2 Å². The third-order valence-corrected chi connectivity index (χ3v) is 5.79.